The summed E-state index contributed by atoms with van der Waals surface area (Å²) in [5.74, 6) is 0.266. The highest BCUT2D eigenvalue weighted by molar-refractivity contribution is 5.85. The van der Waals surface area contributed by atoms with Crippen molar-refractivity contribution >= 4 is 12.4 Å². The molecule has 2 rings (SSSR count). The number of hydrogen-bond acceptors (Lipinski definition) is 2. The Morgan fingerprint density at radius 1 is 1.00 bits per heavy atom. The Labute approximate surface area is 133 Å². The summed E-state index contributed by atoms with van der Waals surface area (Å²) in [4.78, 5) is 0. The number of aryl methyl sites for hydroxylation is 2. The third-order valence-electron chi connectivity index (χ3n) is 3.42. The summed E-state index contributed by atoms with van der Waals surface area (Å²) in [5, 5.41) is 0. The van der Waals surface area contributed by atoms with Gasteiger partial charge in [-0.15, -0.1) is 12.4 Å². The molecule has 0 spiro atoms. The number of rotatable bonds is 6. The van der Waals surface area contributed by atoms with Gasteiger partial charge in [-0.05, 0) is 25.0 Å². The molecule has 0 aliphatic carbocycles. The molecule has 0 aliphatic rings. The van der Waals surface area contributed by atoms with E-state index in [9.17, 15) is 0 Å². The van der Waals surface area contributed by atoms with Crippen molar-refractivity contribution in [3.63, 3.8) is 0 Å². The zero-order chi connectivity index (χ0) is 14.4. The lowest BCUT2D eigenvalue weighted by Gasteiger charge is -2.15. The average Bonchev–Trinajstić information content (AvgIpc) is 2.43. The van der Waals surface area contributed by atoms with E-state index in [2.05, 4.69) is 44.2 Å². The molecule has 0 saturated carbocycles. The Balaban J connectivity index is 0.00000220. The molecule has 3 heteroatoms. The highest BCUT2D eigenvalue weighted by atomic mass is 35.5. The summed E-state index contributed by atoms with van der Waals surface area (Å²) >= 11 is 0. The van der Waals surface area contributed by atoms with Gasteiger partial charge >= 0.3 is 0 Å². The first-order chi connectivity index (χ1) is 9.69. The van der Waals surface area contributed by atoms with Gasteiger partial charge in [0.05, 0.1) is 13.2 Å². The van der Waals surface area contributed by atoms with Crippen molar-refractivity contribution in [3.8, 4) is 0 Å². The summed E-state index contributed by atoms with van der Waals surface area (Å²) in [6.07, 6.45) is 0. The van der Waals surface area contributed by atoms with Crippen LogP contribution in [0.5, 0.6) is 0 Å². The van der Waals surface area contributed by atoms with Crippen molar-refractivity contribution in [3.05, 3.63) is 70.8 Å². The van der Waals surface area contributed by atoms with Crippen molar-refractivity contribution in [2.24, 2.45) is 5.73 Å². The number of benzene rings is 2. The van der Waals surface area contributed by atoms with Crippen molar-refractivity contribution in [2.75, 3.05) is 13.2 Å². The van der Waals surface area contributed by atoms with Gasteiger partial charge in [-0.2, -0.15) is 0 Å². The lowest BCUT2D eigenvalue weighted by Crippen LogP contribution is -2.18. The fraction of sp³-hybridized carbons (Fsp3) is 0.333. The molecular weight excluding hydrogens is 282 g/mol. The number of hydrogen-bond donors (Lipinski definition) is 1. The van der Waals surface area contributed by atoms with Crippen LogP contribution in [0, 0.1) is 13.8 Å². The lowest BCUT2D eigenvalue weighted by molar-refractivity contribution is 0.108. The Hall–Kier alpha value is -1.35. The molecule has 21 heavy (non-hydrogen) atoms. The molecule has 0 aliphatic heterocycles. The van der Waals surface area contributed by atoms with Gasteiger partial charge in [0.25, 0.3) is 0 Å². The van der Waals surface area contributed by atoms with E-state index in [1.54, 1.807) is 0 Å². The number of nitrogens with two attached hydrogens (primary N) is 1. The van der Waals surface area contributed by atoms with Crippen molar-refractivity contribution in [1.82, 2.24) is 0 Å². The molecule has 2 nitrogen and oxygen atoms in total. The van der Waals surface area contributed by atoms with Crippen LogP contribution in [0.2, 0.25) is 0 Å². The van der Waals surface area contributed by atoms with E-state index >= 15 is 0 Å². The van der Waals surface area contributed by atoms with Crippen LogP contribution >= 0.6 is 12.4 Å². The molecule has 114 valence electrons. The first-order valence-electron chi connectivity index (χ1n) is 7.09. The summed E-state index contributed by atoms with van der Waals surface area (Å²) < 4.78 is 5.86. The third-order valence-corrected chi connectivity index (χ3v) is 3.42. The predicted molar refractivity (Wildman–Crippen MR) is 91.1 cm³/mol. The smallest absolute Gasteiger partial charge is 0.0717 e. The van der Waals surface area contributed by atoms with Gasteiger partial charge in [0.2, 0.25) is 0 Å². The Bertz CT molecular complexity index is 522. The van der Waals surface area contributed by atoms with E-state index < -0.39 is 0 Å². The monoisotopic (exact) mass is 305 g/mol. The second-order valence-electron chi connectivity index (χ2n) is 5.35. The maximum Gasteiger partial charge on any atom is 0.0717 e. The summed E-state index contributed by atoms with van der Waals surface area (Å²) in [6, 6.07) is 16.8. The molecule has 1 atom stereocenters. The van der Waals surface area contributed by atoms with Gasteiger partial charge in [-0.1, -0.05) is 59.7 Å². The van der Waals surface area contributed by atoms with E-state index in [4.69, 9.17) is 10.5 Å². The molecule has 0 saturated heterocycles. The fourth-order valence-corrected chi connectivity index (χ4v) is 2.50. The molecular formula is C18H24ClNO. The van der Waals surface area contributed by atoms with Gasteiger partial charge in [0, 0.05) is 12.5 Å². The van der Waals surface area contributed by atoms with Crippen LogP contribution in [-0.2, 0) is 11.3 Å². The zero-order valence-corrected chi connectivity index (χ0v) is 13.5. The summed E-state index contributed by atoms with van der Waals surface area (Å²) in [7, 11) is 0. The molecule has 0 aromatic heterocycles. The van der Waals surface area contributed by atoms with Gasteiger partial charge in [0.15, 0.2) is 0 Å². The van der Waals surface area contributed by atoms with Crippen LogP contribution in [0.1, 0.15) is 28.2 Å². The quantitative estimate of drug-likeness (QED) is 0.876. The van der Waals surface area contributed by atoms with Crippen LogP contribution in [0.15, 0.2) is 48.5 Å². The van der Waals surface area contributed by atoms with Gasteiger partial charge in [-0.25, -0.2) is 0 Å². The molecule has 0 amide bonds. The minimum Gasteiger partial charge on any atom is -0.376 e. The molecule has 2 aromatic carbocycles. The molecule has 0 radical (unpaired) electrons. The minimum absolute atomic E-state index is 0. The van der Waals surface area contributed by atoms with Crippen molar-refractivity contribution < 1.29 is 4.74 Å². The van der Waals surface area contributed by atoms with Crippen molar-refractivity contribution in [1.29, 1.82) is 0 Å². The van der Waals surface area contributed by atoms with Crippen molar-refractivity contribution in [2.45, 2.75) is 26.4 Å². The van der Waals surface area contributed by atoms with Crippen LogP contribution in [-0.4, -0.2) is 13.2 Å². The zero-order valence-electron chi connectivity index (χ0n) is 12.7. The van der Waals surface area contributed by atoms with Crippen LogP contribution in [0.25, 0.3) is 0 Å². The van der Waals surface area contributed by atoms with E-state index in [-0.39, 0.29) is 18.3 Å². The standard InChI is InChI=1S/C18H23NO.ClH/c1-14-8-15(2)10-16(9-14)12-20-13-18(11-19)17-6-4-3-5-7-17;/h3-10,18H,11-13,19H2,1-2H3;1H. The minimum atomic E-state index is 0. The van der Waals surface area contributed by atoms with E-state index in [0.29, 0.717) is 19.8 Å². The second-order valence-corrected chi connectivity index (χ2v) is 5.35. The van der Waals surface area contributed by atoms with Crippen LogP contribution in [0.3, 0.4) is 0 Å². The van der Waals surface area contributed by atoms with Gasteiger partial charge < -0.3 is 10.5 Å². The van der Waals surface area contributed by atoms with Gasteiger partial charge in [0.1, 0.15) is 0 Å². The van der Waals surface area contributed by atoms with Gasteiger partial charge in [-0.3, -0.25) is 0 Å². The molecule has 0 bridgehead atoms. The highest BCUT2D eigenvalue weighted by Gasteiger charge is 2.09. The van der Waals surface area contributed by atoms with E-state index in [1.807, 2.05) is 18.2 Å². The normalized spacial score (nSPS) is 11.8. The first-order valence-corrected chi connectivity index (χ1v) is 7.09. The predicted octanol–water partition coefficient (Wildman–Crippen LogP) is 3.98. The number of halogens is 1. The molecule has 2 aromatic rings. The highest BCUT2D eigenvalue weighted by Crippen LogP contribution is 2.16. The first kappa shape index (κ1) is 17.7. The second kappa shape index (κ2) is 8.83. The topological polar surface area (TPSA) is 35.2 Å². The molecule has 0 heterocycles. The SMILES string of the molecule is Cc1cc(C)cc(COCC(CN)c2ccccc2)c1.Cl. The fourth-order valence-electron chi connectivity index (χ4n) is 2.50. The average molecular weight is 306 g/mol. The van der Waals surface area contributed by atoms with E-state index in [0.717, 1.165) is 0 Å². The summed E-state index contributed by atoms with van der Waals surface area (Å²) in [6.45, 7) is 6.14. The number of ether oxygens (including phenoxy) is 1. The Kier molecular flexibility index (Phi) is 7.44. The maximum atomic E-state index is 5.86. The van der Waals surface area contributed by atoms with Crippen LogP contribution in [0.4, 0.5) is 0 Å². The molecule has 0 fully saturated rings. The van der Waals surface area contributed by atoms with Crippen LogP contribution < -0.4 is 5.73 Å². The Morgan fingerprint density at radius 2 is 1.62 bits per heavy atom. The maximum absolute atomic E-state index is 5.86. The molecule has 1 unspecified atom stereocenters. The lowest BCUT2D eigenvalue weighted by atomic mass is 10.0. The van der Waals surface area contributed by atoms with E-state index in [1.165, 1.54) is 22.3 Å². The largest absolute Gasteiger partial charge is 0.376 e. The Morgan fingerprint density at radius 3 is 2.19 bits per heavy atom. The third kappa shape index (κ3) is 5.50. The molecule has 2 N–H and O–H groups in total. The summed E-state index contributed by atoms with van der Waals surface area (Å²) in [5.41, 5.74) is 10.9.